The third-order valence-corrected chi connectivity index (χ3v) is 6.89. The van der Waals surface area contributed by atoms with Gasteiger partial charge in [0.15, 0.2) is 28.8 Å². The second kappa shape index (κ2) is 12.2. The summed E-state index contributed by atoms with van der Waals surface area (Å²) in [5.74, 6) is 1.38. The van der Waals surface area contributed by atoms with Crippen molar-refractivity contribution in [3.8, 4) is 23.0 Å². The van der Waals surface area contributed by atoms with Crippen LogP contribution in [-0.4, -0.2) is 54.4 Å². The Morgan fingerprint density at radius 3 is 2.58 bits per heavy atom. The Morgan fingerprint density at radius 2 is 1.87 bits per heavy atom. The van der Waals surface area contributed by atoms with E-state index in [1.165, 1.54) is 23.9 Å². The number of hydrazone groups is 1. The third-order valence-electron chi connectivity index (χ3n) is 5.56. The molecule has 38 heavy (non-hydrogen) atoms. The van der Waals surface area contributed by atoms with Crippen molar-refractivity contribution in [1.29, 1.82) is 5.41 Å². The lowest BCUT2D eigenvalue weighted by Gasteiger charge is -2.20. The van der Waals surface area contributed by atoms with E-state index >= 15 is 0 Å². The number of halogens is 1. The zero-order valence-electron chi connectivity index (χ0n) is 21.2. The minimum Gasteiger partial charge on any atom is -0.493 e. The molecule has 0 unspecified atom stereocenters. The molecule has 0 radical (unpaired) electrons. The molecule has 2 aromatic rings. The topological polar surface area (TPSA) is 106 Å². The number of benzene rings is 2. The number of carbonyl (C=O) groups is 1. The summed E-state index contributed by atoms with van der Waals surface area (Å²) in [6.45, 7) is 6.14. The number of allylic oxidation sites excluding steroid dienone is 1. The number of hydrogen-bond acceptors (Lipinski definition) is 8. The Hall–Kier alpha value is -3.76. The lowest BCUT2D eigenvalue weighted by molar-refractivity contribution is -0.114. The highest BCUT2D eigenvalue weighted by Gasteiger charge is 2.35. The quantitative estimate of drug-likeness (QED) is 0.220. The Bertz CT molecular complexity index is 1370. The minimum atomic E-state index is -0.512. The van der Waals surface area contributed by atoms with Crippen LogP contribution in [0.15, 0.2) is 58.7 Å². The van der Waals surface area contributed by atoms with E-state index in [1.54, 1.807) is 25.3 Å². The molecule has 0 fully saturated rings. The lowest BCUT2D eigenvalue weighted by atomic mass is 10.1. The largest absolute Gasteiger partial charge is 0.493 e. The van der Waals surface area contributed by atoms with Gasteiger partial charge in [0.25, 0.3) is 5.91 Å². The summed E-state index contributed by atoms with van der Waals surface area (Å²) in [4.78, 5) is 16.7. The summed E-state index contributed by atoms with van der Waals surface area (Å²) in [5, 5.41) is 15.7. The predicted molar refractivity (Wildman–Crippen MR) is 151 cm³/mol. The van der Waals surface area contributed by atoms with Crippen LogP contribution >= 0.6 is 23.4 Å². The molecule has 0 bridgehead atoms. The van der Waals surface area contributed by atoms with Gasteiger partial charge in [-0.1, -0.05) is 30.7 Å². The number of aliphatic imine (C=N–C) groups is 1. The SMILES string of the molecule is C=CCc1ccc(OCCOc2c(Cl)cc(/C=C3/C(=N)N4N=C(CC)SC4=NC3=O)cc2OC)c(OC)c1. The van der Waals surface area contributed by atoms with Gasteiger partial charge in [0, 0.05) is 0 Å². The van der Waals surface area contributed by atoms with Crippen molar-refractivity contribution < 1.29 is 23.7 Å². The van der Waals surface area contributed by atoms with E-state index in [4.69, 9.17) is 36.0 Å². The summed E-state index contributed by atoms with van der Waals surface area (Å²) in [6, 6.07) is 9.02. The van der Waals surface area contributed by atoms with Crippen LogP contribution in [0.2, 0.25) is 5.02 Å². The van der Waals surface area contributed by atoms with Gasteiger partial charge < -0.3 is 18.9 Å². The monoisotopic (exact) mass is 554 g/mol. The van der Waals surface area contributed by atoms with Crippen LogP contribution in [0.1, 0.15) is 24.5 Å². The number of thioether (sulfide) groups is 1. The van der Waals surface area contributed by atoms with Crippen molar-refractivity contribution >= 4 is 51.4 Å². The van der Waals surface area contributed by atoms with Crippen molar-refractivity contribution in [3.05, 3.63) is 64.7 Å². The van der Waals surface area contributed by atoms with Crippen LogP contribution in [0.3, 0.4) is 0 Å². The van der Waals surface area contributed by atoms with Gasteiger partial charge in [-0.3, -0.25) is 10.2 Å². The molecule has 0 aliphatic carbocycles. The predicted octanol–water partition coefficient (Wildman–Crippen LogP) is 5.57. The summed E-state index contributed by atoms with van der Waals surface area (Å²) in [7, 11) is 3.08. The number of amidine groups is 2. The molecule has 11 heteroatoms. The highest BCUT2D eigenvalue weighted by Crippen LogP contribution is 2.38. The standard InChI is InChI=1S/C27H27ClN4O5S/c1-5-7-16-8-9-20(21(14-16)34-3)36-10-11-37-24-19(28)13-17(15-22(24)35-4)12-18-25(29)32-27(30-26(18)33)38-23(6-2)31-32/h5,8-9,12-15,29H,1,6-7,10-11H2,2-4H3/b18-12-,29-25?. The maximum absolute atomic E-state index is 12.6. The molecule has 2 aromatic carbocycles. The molecule has 2 aliphatic heterocycles. The molecular formula is C27H27ClN4O5S. The summed E-state index contributed by atoms with van der Waals surface area (Å²) in [6.07, 6.45) is 4.79. The van der Waals surface area contributed by atoms with E-state index in [2.05, 4.69) is 16.7 Å². The van der Waals surface area contributed by atoms with Crippen molar-refractivity contribution in [1.82, 2.24) is 5.01 Å². The van der Waals surface area contributed by atoms with Crippen molar-refractivity contribution in [2.24, 2.45) is 10.1 Å². The molecule has 0 aromatic heterocycles. The van der Waals surface area contributed by atoms with Crippen molar-refractivity contribution in [3.63, 3.8) is 0 Å². The fourth-order valence-corrected chi connectivity index (χ4v) is 4.82. The molecule has 4 rings (SSSR count). The van der Waals surface area contributed by atoms with Gasteiger partial charge in [0.2, 0.25) is 5.17 Å². The first-order valence-electron chi connectivity index (χ1n) is 11.8. The number of hydrogen-bond donors (Lipinski definition) is 1. The van der Waals surface area contributed by atoms with Crippen LogP contribution in [0, 0.1) is 5.41 Å². The number of nitrogens with zero attached hydrogens (tertiary/aromatic N) is 3. The Labute approximate surface area is 230 Å². The van der Waals surface area contributed by atoms with Crippen molar-refractivity contribution in [2.45, 2.75) is 19.8 Å². The molecule has 1 amide bonds. The molecule has 0 atom stereocenters. The second-order valence-electron chi connectivity index (χ2n) is 8.08. The normalized spacial score (nSPS) is 15.7. The molecule has 0 saturated carbocycles. The van der Waals surface area contributed by atoms with E-state index in [-0.39, 0.29) is 29.6 Å². The molecule has 0 saturated heterocycles. The Kier molecular flexibility index (Phi) is 8.75. The average Bonchev–Trinajstić information content (AvgIpc) is 3.33. The molecule has 9 nitrogen and oxygen atoms in total. The number of fused-ring (bicyclic) bond motifs is 1. The van der Waals surface area contributed by atoms with Crippen LogP contribution in [0.4, 0.5) is 0 Å². The first-order valence-corrected chi connectivity index (χ1v) is 13.0. The van der Waals surface area contributed by atoms with E-state index in [9.17, 15) is 4.79 Å². The Balaban J connectivity index is 1.46. The van der Waals surface area contributed by atoms with E-state index in [1.807, 2.05) is 31.2 Å². The summed E-state index contributed by atoms with van der Waals surface area (Å²) in [5.41, 5.74) is 1.73. The number of nitrogens with one attached hydrogen (secondary N) is 1. The number of amides is 1. The van der Waals surface area contributed by atoms with Gasteiger partial charge in [-0.25, -0.2) is 0 Å². The molecular weight excluding hydrogens is 528 g/mol. The van der Waals surface area contributed by atoms with Gasteiger partial charge >= 0.3 is 0 Å². The molecule has 1 N–H and O–H groups in total. The zero-order valence-corrected chi connectivity index (χ0v) is 22.8. The van der Waals surface area contributed by atoms with E-state index < -0.39 is 5.91 Å². The third kappa shape index (κ3) is 5.87. The number of carbonyl (C=O) groups excluding carboxylic acids is 1. The minimum absolute atomic E-state index is 0.0449. The number of ether oxygens (including phenoxy) is 4. The highest BCUT2D eigenvalue weighted by molar-refractivity contribution is 8.26. The number of methoxy groups -OCH3 is 2. The lowest BCUT2D eigenvalue weighted by Crippen LogP contribution is -2.35. The van der Waals surface area contributed by atoms with E-state index in [0.29, 0.717) is 40.1 Å². The average molecular weight is 555 g/mol. The summed E-state index contributed by atoms with van der Waals surface area (Å²) < 4.78 is 22.6. The molecule has 198 valence electrons. The van der Waals surface area contributed by atoms with Crippen LogP contribution in [0.25, 0.3) is 6.08 Å². The maximum atomic E-state index is 12.6. The fourth-order valence-electron chi connectivity index (χ4n) is 3.72. The van der Waals surface area contributed by atoms with Gasteiger partial charge in [-0.15, -0.1) is 6.58 Å². The smallest absolute Gasteiger partial charge is 0.283 e. The van der Waals surface area contributed by atoms with Crippen LogP contribution in [-0.2, 0) is 11.2 Å². The van der Waals surface area contributed by atoms with Crippen molar-refractivity contribution in [2.75, 3.05) is 27.4 Å². The Morgan fingerprint density at radius 1 is 1.11 bits per heavy atom. The molecule has 0 spiro atoms. The first kappa shape index (κ1) is 27.3. The molecule has 2 aliphatic rings. The van der Waals surface area contributed by atoms with Crippen LogP contribution < -0.4 is 18.9 Å². The van der Waals surface area contributed by atoms with Gasteiger partial charge in [-0.2, -0.15) is 15.1 Å². The van der Waals surface area contributed by atoms with Gasteiger partial charge in [0.1, 0.15) is 18.3 Å². The van der Waals surface area contributed by atoms with Gasteiger partial charge in [0.05, 0.1) is 24.8 Å². The van der Waals surface area contributed by atoms with Gasteiger partial charge in [-0.05, 0) is 66.1 Å². The number of rotatable bonds is 11. The second-order valence-corrected chi connectivity index (χ2v) is 9.52. The fraction of sp³-hybridized carbons (Fsp3) is 0.259. The van der Waals surface area contributed by atoms with Crippen LogP contribution in [0.5, 0.6) is 23.0 Å². The summed E-state index contributed by atoms with van der Waals surface area (Å²) >= 11 is 7.81. The maximum Gasteiger partial charge on any atom is 0.283 e. The first-order chi connectivity index (χ1) is 18.4. The van der Waals surface area contributed by atoms with E-state index in [0.717, 1.165) is 17.0 Å². The molecule has 2 heterocycles. The highest BCUT2D eigenvalue weighted by atomic mass is 35.5. The zero-order chi connectivity index (χ0) is 27.2.